The molecule has 2 aromatic rings. The minimum Gasteiger partial charge on any atom is -0.508 e. The molecule has 28 heavy (non-hydrogen) atoms. The second-order valence-electron chi connectivity index (χ2n) is 7.81. The number of hydrogen-bond donors (Lipinski definition) is 2. The lowest BCUT2D eigenvalue weighted by atomic mass is 10.1. The molecule has 150 valence electrons. The van der Waals surface area contributed by atoms with Gasteiger partial charge >= 0.3 is 6.03 Å². The van der Waals surface area contributed by atoms with E-state index in [0.717, 1.165) is 30.6 Å². The fraction of sp³-hybridized carbons (Fsp3) is 0.455. The highest BCUT2D eigenvalue weighted by atomic mass is 16.3. The summed E-state index contributed by atoms with van der Waals surface area (Å²) < 4.78 is 0. The smallest absolute Gasteiger partial charge is 0.318 e. The summed E-state index contributed by atoms with van der Waals surface area (Å²) in [5, 5.41) is 12.6. The molecular weight excluding hydrogens is 352 g/mol. The van der Waals surface area contributed by atoms with Gasteiger partial charge in [0.05, 0.1) is 0 Å². The third kappa shape index (κ3) is 5.70. The van der Waals surface area contributed by atoms with Crippen LogP contribution in [-0.2, 0) is 13.1 Å². The largest absolute Gasteiger partial charge is 0.508 e. The number of phenols is 1. The number of carbonyl (C=O) groups is 1. The molecule has 0 unspecified atom stereocenters. The van der Waals surface area contributed by atoms with Crippen LogP contribution in [0.2, 0.25) is 0 Å². The SMILES string of the molecule is CC(C)N1CC[C@@H](CNC(=O)N(Cc2ccc(O)cc2)Cc2cccnc2)C1. The molecule has 0 saturated carbocycles. The first-order valence-corrected chi connectivity index (χ1v) is 9.95. The molecule has 0 spiro atoms. The van der Waals surface area contributed by atoms with Crippen molar-refractivity contribution in [2.75, 3.05) is 19.6 Å². The van der Waals surface area contributed by atoms with Crippen molar-refractivity contribution in [3.8, 4) is 5.75 Å². The maximum absolute atomic E-state index is 12.9. The van der Waals surface area contributed by atoms with Crippen molar-refractivity contribution in [2.24, 2.45) is 5.92 Å². The van der Waals surface area contributed by atoms with Crippen LogP contribution in [0.3, 0.4) is 0 Å². The molecule has 1 aromatic heterocycles. The molecule has 2 N–H and O–H groups in total. The van der Waals surface area contributed by atoms with Crippen molar-refractivity contribution >= 4 is 6.03 Å². The van der Waals surface area contributed by atoms with Crippen LogP contribution in [0.4, 0.5) is 4.79 Å². The summed E-state index contributed by atoms with van der Waals surface area (Å²) in [6, 6.07) is 11.3. The lowest BCUT2D eigenvalue weighted by Gasteiger charge is -2.25. The number of rotatable bonds is 7. The Kier molecular flexibility index (Phi) is 6.87. The van der Waals surface area contributed by atoms with Gasteiger partial charge in [-0.25, -0.2) is 4.79 Å². The number of aromatic hydroxyl groups is 1. The Morgan fingerprint density at radius 1 is 1.25 bits per heavy atom. The van der Waals surface area contributed by atoms with E-state index in [4.69, 9.17) is 0 Å². The van der Waals surface area contributed by atoms with Gasteiger partial charge in [0.25, 0.3) is 0 Å². The van der Waals surface area contributed by atoms with Crippen LogP contribution in [0, 0.1) is 5.92 Å². The monoisotopic (exact) mass is 382 g/mol. The van der Waals surface area contributed by atoms with Gasteiger partial charge in [-0.15, -0.1) is 0 Å². The van der Waals surface area contributed by atoms with Gasteiger partial charge in [-0.05, 0) is 62.1 Å². The van der Waals surface area contributed by atoms with Gasteiger partial charge in [-0.3, -0.25) is 4.98 Å². The number of phenolic OH excluding ortho intramolecular Hbond substituents is 1. The van der Waals surface area contributed by atoms with E-state index in [2.05, 4.69) is 29.0 Å². The molecule has 1 aromatic carbocycles. The van der Waals surface area contributed by atoms with Gasteiger partial charge in [0.1, 0.15) is 5.75 Å². The van der Waals surface area contributed by atoms with E-state index in [-0.39, 0.29) is 11.8 Å². The Balaban J connectivity index is 1.61. The number of hydrogen-bond acceptors (Lipinski definition) is 4. The molecule has 0 radical (unpaired) electrons. The molecule has 2 amide bonds. The van der Waals surface area contributed by atoms with E-state index in [9.17, 15) is 9.90 Å². The fourth-order valence-corrected chi connectivity index (χ4v) is 3.57. The summed E-state index contributed by atoms with van der Waals surface area (Å²) in [5.74, 6) is 0.725. The molecular formula is C22H30N4O2. The molecule has 1 aliphatic rings. The van der Waals surface area contributed by atoms with Crippen LogP contribution in [0.5, 0.6) is 5.75 Å². The van der Waals surface area contributed by atoms with Crippen molar-refractivity contribution in [2.45, 2.75) is 39.4 Å². The lowest BCUT2D eigenvalue weighted by Crippen LogP contribution is -2.41. The van der Waals surface area contributed by atoms with Crippen molar-refractivity contribution in [3.63, 3.8) is 0 Å². The van der Waals surface area contributed by atoms with Crippen LogP contribution < -0.4 is 5.32 Å². The molecule has 3 rings (SSSR count). The second-order valence-corrected chi connectivity index (χ2v) is 7.81. The maximum atomic E-state index is 12.9. The summed E-state index contributed by atoms with van der Waals surface area (Å²) in [4.78, 5) is 21.3. The molecule has 6 heteroatoms. The first kappa shape index (κ1) is 20.1. The van der Waals surface area contributed by atoms with E-state index in [1.165, 1.54) is 0 Å². The van der Waals surface area contributed by atoms with Crippen LogP contribution in [0.1, 0.15) is 31.4 Å². The number of nitrogens with one attached hydrogen (secondary N) is 1. The van der Waals surface area contributed by atoms with E-state index in [1.54, 1.807) is 29.4 Å². The van der Waals surface area contributed by atoms with Crippen LogP contribution in [-0.4, -0.2) is 51.6 Å². The van der Waals surface area contributed by atoms with Crippen LogP contribution in [0.15, 0.2) is 48.8 Å². The average Bonchev–Trinajstić information content (AvgIpc) is 3.17. The Morgan fingerprint density at radius 3 is 2.64 bits per heavy atom. The zero-order valence-electron chi connectivity index (χ0n) is 16.7. The summed E-state index contributed by atoms with van der Waals surface area (Å²) in [5.41, 5.74) is 1.96. The molecule has 1 atom stereocenters. The fourth-order valence-electron chi connectivity index (χ4n) is 3.57. The van der Waals surface area contributed by atoms with Crippen molar-refractivity contribution in [1.82, 2.24) is 20.1 Å². The number of benzene rings is 1. The first-order chi connectivity index (χ1) is 13.5. The molecule has 1 aliphatic heterocycles. The quantitative estimate of drug-likeness (QED) is 0.771. The molecule has 0 bridgehead atoms. The second kappa shape index (κ2) is 9.55. The Hall–Kier alpha value is -2.60. The van der Waals surface area contributed by atoms with Crippen molar-refractivity contribution in [1.29, 1.82) is 0 Å². The van der Waals surface area contributed by atoms with E-state index in [1.807, 2.05) is 24.3 Å². The van der Waals surface area contributed by atoms with Gasteiger partial charge in [-0.1, -0.05) is 18.2 Å². The zero-order chi connectivity index (χ0) is 19.9. The third-order valence-corrected chi connectivity index (χ3v) is 5.28. The van der Waals surface area contributed by atoms with Gasteiger partial charge in [0, 0.05) is 44.6 Å². The molecule has 2 heterocycles. The predicted molar refractivity (Wildman–Crippen MR) is 110 cm³/mol. The van der Waals surface area contributed by atoms with Gasteiger partial charge in [0.2, 0.25) is 0 Å². The van der Waals surface area contributed by atoms with E-state index < -0.39 is 0 Å². The zero-order valence-corrected chi connectivity index (χ0v) is 16.7. The van der Waals surface area contributed by atoms with Gasteiger partial charge in [0.15, 0.2) is 0 Å². The van der Waals surface area contributed by atoms with Gasteiger partial charge in [-0.2, -0.15) is 0 Å². The summed E-state index contributed by atoms with van der Waals surface area (Å²) in [6.45, 7) is 8.24. The minimum absolute atomic E-state index is 0.0695. The topological polar surface area (TPSA) is 68.7 Å². The minimum atomic E-state index is -0.0695. The summed E-state index contributed by atoms with van der Waals surface area (Å²) in [7, 11) is 0. The predicted octanol–water partition coefficient (Wildman–Crippen LogP) is 3.23. The third-order valence-electron chi connectivity index (χ3n) is 5.28. The van der Waals surface area contributed by atoms with Gasteiger partial charge < -0.3 is 20.2 Å². The highest BCUT2D eigenvalue weighted by molar-refractivity contribution is 5.74. The Labute approximate surface area is 167 Å². The summed E-state index contributed by atoms with van der Waals surface area (Å²) in [6.07, 6.45) is 4.64. The number of urea groups is 1. The number of pyridine rings is 1. The number of carbonyl (C=O) groups excluding carboxylic acids is 1. The Bertz CT molecular complexity index is 749. The Morgan fingerprint density at radius 2 is 2.00 bits per heavy atom. The van der Waals surface area contributed by atoms with Crippen molar-refractivity contribution < 1.29 is 9.90 Å². The molecule has 6 nitrogen and oxygen atoms in total. The molecule has 1 saturated heterocycles. The van der Waals surface area contributed by atoms with Crippen LogP contribution >= 0.6 is 0 Å². The standard InChI is InChI=1S/C22H30N4O2/c1-17(2)25-11-9-20(15-25)13-24-22(28)26(16-19-4-3-10-23-12-19)14-18-5-7-21(27)8-6-18/h3-8,10,12,17,20,27H,9,11,13-16H2,1-2H3,(H,24,28)/t20-/m0/s1. The van der Waals surface area contributed by atoms with E-state index >= 15 is 0 Å². The summed E-state index contributed by atoms with van der Waals surface area (Å²) >= 11 is 0. The van der Waals surface area contributed by atoms with E-state index in [0.29, 0.717) is 31.6 Å². The normalized spacial score (nSPS) is 17.0. The number of likely N-dealkylation sites (tertiary alicyclic amines) is 1. The first-order valence-electron chi connectivity index (χ1n) is 9.95. The number of aromatic nitrogens is 1. The highest BCUT2D eigenvalue weighted by Crippen LogP contribution is 2.18. The maximum Gasteiger partial charge on any atom is 0.318 e. The molecule has 0 aliphatic carbocycles. The number of nitrogens with zero attached hydrogens (tertiary/aromatic N) is 3. The van der Waals surface area contributed by atoms with Crippen molar-refractivity contribution in [3.05, 3.63) is 59.9 Å². The average molecular weight is 383 g/mol. The number of amides is 2. The highest BCUT2D eigenvalue weighted by Gasteiger charge is 2.25. The lowest BCUT2D eigenvalue weighted by molar-refractivity contribution is 0.190. The molecule has 1 fully saturated rings. The van der Waals surface area contributed by atoms with Crippen LogP contribution in [0.25, 0.3) is 0 Å².